The highest BCUT2D eigenvalue weighted by atomic mass is 16.6. The summed E-state index contributed by atoms with van der Waals surface area (Å²) in [6.45, 7) is 0.0645. The number of aliphatic hydroxyl groups excluding tert-OH is 1. The Balaban J connectivity index is 2.85. The summed E-state index contributed by atoms with van der Waals surface area (Å²) in [5, 5.41) is 22.5. The molecule has 1 atom stereocenters. The first-order valence-corrected chi connectivity index (χ1v) is 4.62. The summed E-state index contributed by atoms with van der Waals surface area (Å²) in [5.74, 6) is -0.0156. The first-order valence-electron chi connectivity index (χ1n) is 4.62. The normalized spacial score (nSPS) is 12.4. The summed E-state index contributed by atoms with van der Waals surface area (Å²) in [6, 6.07) is -0.404. The maximum Gasteiger partial charge on any atom is 0.406 e. The lowest BCUT2D eigenvalue weighted by molar-refractivity contribution is -0.388. The van der Waals surface area contributed by atoms with Crippen molar-refractivity contribution in [2.75, 3.05) is 25.6 Å². The standard InChI is InChI=1S/C8H14N4O4/c1-11-5-9-7(12(14)15)8(11)10-6(3-13)4-16-2/h5-6,10,13H,3-4H2,1-2H3. The van der Waals surface area contributed by atoms with Crippen molar-refractivity contribution < 1.29 is 14.8 Å². The summed E-state index contributed by atoms with van der Waals surface area (Å²) in [4.78, 5) is 13.7. The molecule has 1 unspecified atom stereocenters. The Bertz CT molecular complexity index is 365. The fourth-order valence-corrected chi connectivity index (χ4v) is 1.25. The predicted molar refractivity (Wildman–Crippen MR) is 56.2 cm³/mol. The van der Waals surface area contributed by atoms with Gasteiger partial charge in [0.15, 0.2) is 0 Å². The van der Waals surface area contributed by atoms with Gasteiger partial charge >= 0.3 is 5.82 Å². The second-order valence-electron chi connectivity index (χ2n) is 3.26. The van der Waals surface area contributed by atoms with Crippen LogP contribution in [0.1, 0.15) is 0 Å². The van der Waals surface area contributed by atoms with E-state index in [4.69, 9.17) is 9.84 Å². The van der Waals surface area contributed by atoms with Crippen molar-refractivity contribution in [1.82, 2.24) is 9.55 Å². The molecule has 1 rings (SSSR count). The van der Waals surface area contributed by atoms with E-state index in [0.29, 0.717) is 0 Å². The predicted octanol–water partition coefficient (Wildman–Crippen LogP) is -0.253. The van der Waals surface area contributed by atoms with Crippen LogP contribution in [0.3, 0.4) is 0 Å². The molecule has 1 heterocycles. The van der Waals surface area contributed by atoms with Gasteiger partial charge in [-0.25, -0.2) is 0 Å². The molecule has 1 aromatic heterocycles. The molecule has 0 aliphatic heterocycles. The lowest BCUT2D eigenvalue weighted by Crippen LogP contribution is -2.29. The lowest BCUT2D eigenvalue weighted by atomic mass is 10.3. The Hall–Kier alpha value is -1.67. The molecule has 0 spiro atoms. The van der Waals surface area contributed by atoms with E-state index in [2.05, 4.69) is 10.3 Å². The zero-order chi connectivity index (χ0) is 12.1. The first kappa shape index (κ1) is 12.4. The molecule has 0 fully saturated rings. The monoisotopic (exact) mass is 230 g/mol. The molecule has 90 valence electrons. The second kappa shape index (κ2) is 5.42. The average Bonchev–Trinajstić information content (AvgIpc) is 2.60. The Labute approximate surface area is 92.0 Å². The van der Waals surface area contributed by atoms with Crippen LogP contribution < -0.4 is 5.32 Å². The first-order chi connectivity index (χ1) is 7.60. The number of aromatic nitrogens is 2. The number of anilines is 1. The van der Waals surface area contributed by atoms with Crippen molar-refractivity contribution in [2.24, 2.45) is 7.05 Å². The fraction of sp³-hybridized carbons (Fsp3) is 0.625. The number of nitrogens with zero attached hydrogens (tertiary/aromatic N) is 3. The van der Waals surface area contributed by atoms with Crippen LogP contribution in [-0.4, -0.2) is 45.9 Å². The van der Waals surface area contributed by atoms with Gasteiger partial charge in [0.1, 0.15) is 0 Å². The zero-order valence-corrected chi connectivity index (χ0v) is 9.08. The molecule has 0 bridgehead atoms. The molecule has 0 saturated heterocycles. The topological polar surface area (TPSA) is 102 Å². The molecule has 0 aliphatic rings. The van der Waals surface area contributed by atoms with Crippen molar-refractivity contribution in [3.63, 3.8) is 0 Å². The summed E-state index contributed by atoms with van der Waals surface area (Å²) in [5.41, 5.74) is 0. The molecular formula is C8H14N4O4. The number of hydrogen-bond acceptors (Lipinski definition) is 6. The molecule has 0 amide bonds. The van der Waals surface area contributed by atoms with Gasteiger partial charge in [0.05, 0.1) is 19.3 Å². The minimum Gasteiger partial charge on any atom is -0.394 e. The van der Waals surface area contributed by atoms with Gasteiger partial charge in [0, 0.05) is 14.2 Å². The van der Waals surface area contributed by atoms with Crippen LogP contribution in [0.15, 0.2) is 6.33 Å². The molecule has 0 radical (unpaired) electrons. The molecule has 2 N–H and O–H groups in total. The Morgan fingerprint density at radius 3 is 3.00 bits per heavy atom. The molecule has 0 saturated carbocycles. The van der Waals surface area contributed by atoms with Gasteiger partial charge in [-0.2, -0.15) is 0 Å². The van der Waals surface area contributed by atoms with E-state index in [1.54, 1.807) is 7.05 Å². The van der Waals surface area contributed by atoms with Crippen LogP contribution in [-0.2, 0) is 11.8 Å². The van der Waals surface area contributed by atoms with Gasteiger partial charge in [-0.1, -0.05) is 0 Å². The summed E-state index contributed by atoms with van der Waals surface area (Å²) in [7, 11) is 3.12. The quantitative estimate of drug-likeness (QED) is 0.516. The Morgan fingerprint density at radius 1 is 1.81 bits per heavy atom. The van der Waals surface area contributed by atoms with E-state index in [9.17, 15) is 10.1 Å². The summed E-state index contributed by atoms with van der Waals surface area (Å²) >= 11 is 0. The van der Waals surface area contributed by atoms with Crippen LogP contribution >= 0.6 is 0 Å². The van der Waals surface area contributed by atoms with Gasteiger partial charge in [-0.3, -0.25) is 4.57 Å². The SMILES string of the molecule is COCC(CO)Nc1c([N+](=O)[O-])ncn1C. The molecular weight excluding hydrogens is 216 g/mol. The van der Waals surface area contributed by atoms with Crippen LogP contribution in [0, 0.1) is 10.1 Å². The van der Waals surface area contributed by atoms with Crippen molar-refractivity contribution in [2.45, 2.75) is 6.04 Å². The summed E-state index contributed by atoms with van der Waals surface area (Å²) < 4.78 is 6.34. The van der Waals surface area contributed by atoms with Gasteiger partial charge in [-0.05, 0) is 9.91 Å². The van der Waals surface area contributed by atoms with Crippen molar-refractivity contribution >= 4 is 11.6 Å². The third-order valence-corrected chi connectivity index (χ3v) is 2.02. The molecule has 8 heteroatoms. The number of imidazole rings is 1. The van der Waals surface area contributed by atoms with E-state index in [1.165, 1.54) is 18.0 Å². The molecule has 1 aromatic rings. The van der Waals surface area contributed by atoms with Crippen molar-refractivity contribution in [3.8, 4) is 0 Å². The summed E-state index contributed by atoms with van der Waals surface area (Å²) in [6.07, 6.45) is 1.34. The highest BCUT2D eigenvalue weighted by Crippen LogP contribution is 2.21. The van der Waals surface area contributed by atoms with Crippen LogP contribution in [0.5, 0.6) is 0 Å². The zero-order valence-electron chi connectivity index (χ0n) is 9.08. The number of hydrogen-bond donors (Lipinski definition) is 2. The van der Waals surface area contributed by atoms with E-state index in [0.717, 1.165) is 0 Å². The van der Waals surface area contributed by atoms with E-state index < -0.39 is 11.0 Å². The van der Waals surface area contributed by atoms with Crippen molar-refractivity contribution in [3.05, 3.63) is 16.4 Å². The number of ether oxygens (including phenoxy) is 1. The number of methoxy groups -OCH3 is 1. The average molecular weight is 230 g/mol. The highest BCUT2D eigenvalue weighted by Gasteiger charge is 2.22. The Kier molecular flexibility index (Phi) is 4.20. The van der Waals surface area contributed by atoms with Crippen LogP contribution in [0.4, 0.5) is 11.6 Å². The van der Waals surface area contributed by atoms with Crippen molar-refractivity contribution in [1.29, 1.82) is 0 Å². The van der Waals surface area contributed by atoms with Gasteiger partial charge < -0.3 is 25.3 Å². The number of nitrogens with one attached hydrogen (secondary N) is 1. The minimum atomic E-state index is -0.580. The highest BCUT2D eigenvalue weighted by molar-refractivity contribution is 5.52. The maximum absolute atomic E-state index is 10.7. The number of rotatable bonds is 6. The van der Waals surface area contributed by atoms with Gasteiger partial charge in [-0.15, -0.1) is 0 Å². The molecule has 8 nitrogen and oxygen atoms in total. The van der Waals surface area contributed by atoms with Gasteiger partial charge in [0.25, 0.3) is 0 Å². The van der Waals surface area contributed by atoms with Crippen LogP contribution in [0.25, 0.3) is 0 Å². The smallest absolute Gasteiger partial charge is 0.394 e. The third kappa shape index (κ3) is 2.67. The second-order valence-corrected chi connectivity index (χ2v) is 3.26. The molecule has 16 heavy (non-hydrogen) atoms. The molecule has 0 aliphatic carbocycles. The van der Waals surface area contributed by atoms with E-state index >= 15 is 0 Å². The fourth-order valence-electron chi connectivity index (χ4n) is 1.25. The largest absolute Gasteiger partial charge is 0.406 e. The number of aliphatic hydroxyl groups is 1. The van der Waals surface area contributed by atoms with Gasteiger partial charge in [0.2, 0.25) is 12.1 Å². The number of nitro groups is 1. The van der Waals surface area contributed by atoms with E-state index in [1.807, 2.05) is 0 Å². The number of aryl methyl sites for hydroxylation is 1. The maximum atomic E-state index is 10.7. The van der Waals surface area contributed by atoms with Crippen LogP contribution in [0.2, 0.25) is 0 Å². The molecule has 0 aromatic carbocycles. The Morgan fingerprint density at radius 2 is 2.50 bits per heavy atom. The minimum absolute atomic E-state index is 0.184. The lowest BCUT2D eigenvalue weighted by Gasteiger charge is -2.15. The van der Waals surface area contributed by atoms with E-state index in [-0.39, 0.29) is 24.8 Å². The third-order valence-electron chi connectivity index (χ3n) is 2.02.